The van der Waals surface area contributed by atoms with Crippen molar-refractivity contribution in [1.29, 1.82) is 0 Å². The summed E-state index contributed by atoms with van der Waals surface area (Å²) in [7, 11) is 0. The average Bonchev–Trinajstić information content (AvgIpc) is 3.19. The van der Waals surface area contributed by atoms with Gasteiger partial charge < -0.3 is 9.80 Å². The number of thioether (sulfide) groups is 1. The van der Waals surface area contributed by atoms with Gasteiger partial charge in [-0.3, -0.25) is 9.59 Å². The quantitative estimate of drug-likeness (QED) is 0.806. The van der Waals surface area contributed by atoms with Gasteiger partial charge >= 0.3 is 0 Å². The highest BCUT2D eigenvalue weighted by Gasteiger charge is 2.59. The zero-order valence-electron chi connectivity index (χ0n) is 14.7. The Hall–Kier alpha value is -2.41. The Morgan fingerprint density at radius 3 is 2.70 bits per heavy atom. The SMILES string of the molecule is CCC(=O)N1CCS[C@]12C(=O)N(Cc1cccc(F)c1)c1ccc(F)cc12. The summed E-state index contributed by atoms with van der Waals surface area (Å²) in [6.45, 7) is 2.34. The number of carbonyl (C=O) groups excluding carboxylic acids is 2. The topological polar surface area (TPSA) is 40.6 Å². The molecule has 0 unspecified atom stereocenters. The second-order valence-corrected chi connectivity index (χ2v) is 7.86. The van der Waals surface area contributed by atoms with Crippen LogP contribution < -0.4 is 4.90 Å². The highest BCUT2D eigenvalue weighted by atomic mass is 32.2. The van der Waals surface area contributed by atoms with E-state index >= 15 is 0 Å². The lowest BCUT2D eigenvalue weighted by atomic mass is 10.1. The summed E-state index contributed by atoms with van der Waals surface area (Å²) in [6, 6.07) is 10.2. The van der Waals surface area contributed by atoms with Crippen LogP contribution in [0.1, 0.15) is 24.5 Å². The Kier molecular flexibility index (Phi) is 4.42. The number of fused-ring (bicyclic) bond motifs is 2. The van der Waals surface area contributed by atoms with E-state index in [2.05, 4.69) is 0 Å². The fourth-order valence-corrected chi connectivity index (χ4v) is 5.28. The van der Waals surface area contributed by atoms with E-state index in [0.29, 0.717) is 29.1 Å². The highest BCUT2D eigenvalue weighted by Crippen LogP contribution is 2.54. The van der Waals surface area contributed by atoms with Crippen LogP contribution >= 0.6 is 11.8 Å². The number of hydrogen-bond donors (Lipinski definition) is 0. The van der Waals surface area contributed by atoms with Crippen LogP contribution in [-0.4, -0.2) is 29.0 Å². The van der Waals surface area contributed by atoms with Gasteiger partial charge in [-0.2, -0.15) is 0 Å². The average molecular weight is 388 g/mol. The molecule has 2 aliphatic rings. The molecular weight excluding hydrogens is 370 g/mol. The molecule has 2 heterocycles. The Morgan fingerprint density at radius 2 is 1.96 bits per heavy atom. The van der Waals surface area contributed by atoms with Crippen LogP contribution in [-0.2, 0) is 21.0 Å². The van der Waals surface area contributed by atoms with E-state index in [1.54, 1.807) is 30.0 Å². The number of benzene rings is 2. The van der Waals surface area contributed by atoms with E-state index < -0.39 is 10.7 Å². The maximum absolute atomic E-state index is 14.1. The number of carbonyl (C=O) groups is 2. The standard InChI is InChI=1S/C20H18F2N2O2S/c1-2-18(25)24-8-9-27-20(24)16-11-15(22)6-7-17(16)23(19(20)26)12-13-4-3-5-14(21)10-13/h3-7,10-11H,2,8-9,12H2,1H3/t20-/m1/s1. The minimum atomic E-state index is -1.24. The van der Waals surface area contributed by atoms with Gasteiger partial charge in [0.2, 0.25) is 5.91 Å². The molecule has 27 heavy (non-hydrogen) atoms. The van der Waals surface area contributed by atoms with Gasteiger partial charge in [0.1, 0.15) is 11.6 Å². The molecule has 1 fully saturated rings. The minimum Gasteiger partial charge on any atom is -0.315 e. The van der Waals surface area contributed by atoms with Gasteiger partial charge in [-0.25, -0.2) is 8.78 Å². The number of rotatable bonds is 3. The van der Waals surface area contributed by atoms with Crippen LogP contribution in [0.25, 0.3) is 0 Å². The highest BCUT2D eigenvalue weighted by molar-refractivity contribution is 8.01. The first kappa shape index (κ1) is 18.0. The van der Waals surface area contributed by atoms with Crippen LogP contribution in [0.5, 0.6) is 0 Å². The van der Waals surface area contributed by atoms with Crippen molar-refractivity contribution >= 4 is 29.3 Å². The normalized spacial score (nSPS) is 21.2. The van der Waals surface area contributed by atoms with E-state index in [0.717, 1.165) is 0 Å². The predicted octanol–water partition coefficient (Wildman–Crippen LogP) is 3.65. The lowest BCUT2D eigenvalue weighted by Crippen LogP contribution is -2.50. The van der Waals surface area contributed by atoms with E-state index in [4.69, 9.17) is 0 Å². The Labute approximate surface area is 160 Å². The number of anilines is 1. The first-order valence-corrected chi connectivity index (χ1v) is 9.77. The van der Waals surface area contributed by atoms with Gasteiger partial charge in [0, 0.05) is 24.3 Å². The van der Waals surface area contributed by atoms with Crippen LogP contribution in [0.15, 0.2) is 42.5 Å². The van der Waals surface area contributed by atoms with E-state index in [1.165, 1.54) is 40.9 Å². The number of nitrogens with zero attached hydrogens (tertiary/aromatic N) is 2. The summed E-state index contributed by atoms with van der Waals surface area (Å²) < 4.78 is 27.6. The van der Waals surface area contributed by atoms with Gasteiger partial charge in [-0.1, -0.05) is 19.1 Å². The fourth-order valence-electron chi connectivity index (χ4n) is 3.81. The minimum absolute atomic E-state index is 0.142. The van der Waals surface area contributed by atoms with Crippen molar-refractivity contribution in [2.45, 2.75) is 24.8 Å². The summed E-state index contributed by atoms with van der Waals surface area (Å²) in [5.41, 5.74) is 1.69. The molecule has 7 heteroatoms. The Bertz CT molecular complexity index is 936. The third-order valence-electron chi connectivity index (χ3n) is 4.99. The molecule has 2 aliphatic heterocycles. The molecule has 0 saturated carbocycles. The lowest BCUT2D eigenvalue weighted by Gasteiger charge is -2.33. The molecule has 0 N–H and O–H groups in total. The first-order chi connectivity index (χ1) is 13.0. The molecule has 4 nitrogen and oxygen atoms in total. The van der Waals surface area contributed by atoms with Crippen molar-refractivity contribution in [3.8, 4) is 0 Å². The van der Waals surface area contributed by atoms with Crippen LogP contribution in [0.2, 0.25) is 0 Å². The Balaban J connectivity index is 1.82. The molecule has 2 aromatic carbocycles. The van der Waals surface area contributed by atoms with E-state index in [-0.39, 0.29) is 30.6 Å². The summed E-state index contributed by atoms with van der Waals surface area (Å²) in [5, 5.41) is 0. The van der Waals surface area contributed by atoms with Gasteiger partial charge in [-0.15, -0.1) is 11.8 Å². The summed E-state index contributed by atoms with van der Waals surface area (Å²) in [6.07, 6.45) is 0.268. The molecular formula is C20H18F2N2O2S. The summed E-state index contributed by atoms with van der Waals surface area (Å²) in [5.74, 6) is -0.662. The summed E-state index contributed by atoms with van der Waals surface area (Å²) >= 11 is 1.35. The smallest absolute Gasteiger partial charge is 0.268 e. The molecule has 1 atom stereocenters. The van der Waals surface area contributed by atoms with Crippen molar-refractivity contribution in [2.75, 3.05) is 17.2 Å². The number of hydrogen-bond acceptors (Lipinski definition) is 3. The third-order valence-corrected chi connectivity index (χ3v) is 6.41. The zero-order valence-corrected chi connectivity index (χ0v) is 15.6. The molecule has 140 valence electrons. The number of halogens is 2. The molecule has 1 saturated heterocycles. The Morgan fingerprint density at radius 1 is 1.19 bits per heavy atom. The molecule has 0 radical (unpaired) electrons. The zero-order chi connectivity index (χ0) is 19.2. The van der Waals surface area contributed by atoms with Gasteiger partial charge in [0.05, 0.1) is 12.2 Å². The molecule has 0 aliphatic carbocycles. The summed E-state index contributed by atoms with van der Waals surface area (Å²) in [4.78, 5) is 27.9. The van der Waals surface area contributed by atoms with Crippen molar-refractivity contribution in [3.63, 3.8) is 0 Å². The van der Waals surface area contributed by atoms with Crippen molar-refractivity contribution in [1.82, 2.24) is 4.90 Å². The lowest BCUT2D eigenvalue weighted by molar-refractivity contribution is -0.139. The fraction of sp³-hybridized carbons (Fsp3) is 0.300. The molecule has 1 spiro atoms. The second-order valence-electron chi connectivity index (χ2n) is 6.57. The molecule has 4 rings (SSSR count). The molecule has 0 bridgehead atoms. The number of amides is 2. The van der Waals surface area contributed by atoms with Crippen molar-refractivity contribution in [3.05, 3.63) is 65.2 Å². The van der Waals surface area contributed by atoms with E-state index in [9.17, 15) is 18.4 Å². The maximum atomic E-state index is 14.1. The maximum Gasteiger partial charge on any atom is 0.268 e. The second kappa shape index (κ2) is 6.64. The largest absolute Gasteiger partial charge is 0.315 e. The van der Waals surface area contributed by atoms with Gasteiger partial charge in [0.15, 0.2) is 4.87 Å². The van der Waals surface area contributed by atoms with Crippen molar-refractivity contribution < 1.29 is 18.4 Å². The monoisotopic (exact) mass is 388 g/mol. The van der Waals surface area contributed by atoms with Crippen molar-refractivity contribution in [2.24, 2.45) is 0 Å². The van der Waals surface area contributed by atoms with Gasteiger partial charge in [0.25, 0.3) is 5.91 Å². The van der Waals surface area contributed by atoms with E-state index in [1.807, 2.05) is 0 Å². The van der Waals surface area contributed by atoms with Crippen LogP contribution in [0, 0.1) is 11.6 Å². The predicted molar refractivity (Wildman–Crippen MR) is 100 cm³/mol. The van der Waals surface area contributed by atoms with Gasteiger partial charge in [-0.05, 0) is 35.9 Å². The van der Waals surface area contributed by atoms with Crippen LogP contribution in [0.4, 0.5) is 14.5 Å². The third kappa shape index (κ3) is 2.72. The van der Waals surface area contributed by atoms with Crippen LogP contribution in [0.3, 0.4) is 0 Å². The first-order valence-electron chi connectivity index (χ1n) is 8.78. The molecule has 2 amide bonds. The molecule has 2 aromatic rings. The molecule has 0 aromatic heterocycles.